The second-order valence-electron chi connectivity index (χ2n) is 3.12. The first-order chi connectivity index (χ1) is 6.61. The summed E-state index contributed by atoms with van der Waals surface area (Å²) in [5.74, 6) is -1.65. The van der Waals surface area contributed by atoms with Crippen LogP contribution in [0.1, 0.15) is 12.8 Å². The summed E-state index contributed by atoms with van der Waals surface area (Å²) in [6.07, 6.45) is 0.801. The van der Waals surface area contributed by atoms with Crippen LogP contribution in [0.2, 0.25) is 0 Å². The van der Waals surface area contributed by atoms with Crippen molar-refractivity contribution < 1.29 is 14.4 Å². The van der Waals surface area contributed by atoms with Crippen molar-refractivity contribution >= 4 is 17.7 Å². The van der Waals surface area contributed by atoms with Gasteiger partial charge in [-0.05, 0) is 6.42 Å². The van der Waals surface area contributed by atoms with Crippen LogP contribution in [0.5, 0.6) is 0 Å². The van der Waals surface area contributed by atoms with E-state index in [1.165, 1.54) is 4.90 Å². The summed E-state index contributed by atoms with van der Waals surface area (Å²) in [5, 5.41) is 2.47. The Balaban J connectivity index is 2.52. The van der Waals surface area contributed by atoms with E-state index >= 15 is 0 Å². The van der Waals surface area contributed by atoms with E-state index in [4.69, 9.17) is 5.73 Å². The molecule has 14 heavy (non-hydrogen) atoms. The van der Waals surface area contributed by atoms with E-state index in [1.54, 1.807) is 0 Å². The van der Waals surface area contributed by atoms with Crippen molar-refractivity contribution in [1.82, 2.24) is 10.2 Å². The molecule has 0 aromatic rings. The largest absolute Gasteiger partial charge is 0.370 e. The zero-order chi connectivity index (χ0) is 10.6. The minimum Gasteiger partial charge on any atom is -0.370 e. The molecular weight excluding hydrogens is 186 g/mol. The van der Waals surface area contributed by atoms with E-state index in [0.717, 1.165) is 0 Å². The highest BCUT2D eigenvalue weighted by atomic mass is 16.2. The Morgan fingerprint density at radius 2 is 2.21 bits per heavy atom. The van der Waals surface area contributed by atoms with Gasteiger partial charge in [0.15, 0.2) is 0 Å². The normalized spacial score (nSPS) is 17.6. The minimum absolute atomic E-state index is 0.0962. The van der Waals surface area contributed by atoms with Crippen LogP contribution in [0.3, 0.4) is 0 Å². The van der Waals surface area contributed by atoms with Crippen molar-refractivity contribution in [2.45, 2.75) is 12.8 Å². The maximum Gasteiger partial charge on any atom is 0.311 e. The zero-order valence-electron chi connectivity index (χ0n) is 7.78. The van der Waals surface area contributed by atoms with Gasteiger partial charge in [-0.15, -0.1) is 0 Å². The topological polar surface area (TPSA) is 92.5 Å². The molecule has 0 aliphatic carbocycles. The highest BCUT2D eigenvalue weighted by Gasteiger charge is 2.23. The fourth-order valence-electron chi connectivity index (χ4n) is 1.25. The molecule has 1 heterocycles. The molecule has 1 rings (SSSR count). The molecule has 1 fully saturated rings. The standard InChI is InChI=1S/C8H13N3O3/c9-6(12)2-5-11-4-1-3-10-7(13)8(11)14/h1-5H2,(H2,9,12)(H,10,13). The molecule has 0 atom stereocenters. The van der Waals surface area contributed by atoms with Crippen LogP contribution >= 0.6 is 0 Å². The Kier molecular flexibility index (Phi) is 3.44. The van der Waals surface area contributed by atoms with E-state index in [0.29, 0.717) is 19.5 Å². The number of hydrogen-bond donors (Lipinski definition) is 2. The van der Waals surface area contributed by atoms with Gasteiger partial charge in [-0.1, -0.05) is 0 Å². The molecule has 1 aliphatic heterocycles. The fraction of sp³-hybridized carbons (Fsp3) is 0.625. The molecule has 1 saturated heterocycles. The second kappa shape index (κ2) is 4.59. The third-order valence-corrected chi connectivity index (χ3v) is 2.00. The highest BCUT2D eigenvalue weighted by Crippen LogP contribution is 1.99. The van der Waals surface area contributed by atoms with E-state index < -0.39 is 17.7 Å². The maximum absolute atomic E-state index is 11.3. The molecule has 78 valence electrons. The maximum atomic E-state index is 11.3. The third kappa shape index (κ3) is 2.72. The molecule has 0 aromatic carbocycles. The Morgan fingerprint density at radius 3 is 2.86 bits per heavy atom. The van der Waals surface area contributed by atoms with E-state index in [9.17, 15) is 14.4 Å². The number of primary amides is 1. The Hall–Kier alpha value is -1.59. The van der Waals surface area contributed by atoms with E-state index in [-0.39, 0.29) is 13.0 Å². The van der Waals surface area contributed by atoms with Gasteiger partial charge in [0.25, 0.3) is 0 Å². The van der Waals surface area contributed by atoms with Crippen molar-refractivity contribution in [2.75, 3.05) is 19.6 Å². The first kappa shape index (κ1) is 10.5. The fourth-order valence-corrected chi connectivity index (χ4v) is 1.25. The lowest BCUT2D eigenvalue weighted by Gasteiger charge is -2.17. The lowest BCUT2D eigenvalue weighted by Crippen LogP contribution is -2.40. The average molecular weight is 199 g/mol. The van der Waals surface area contributed by atoms with Gasteiger partial charge in [0, 0.05) is 26.1 Å². The number of rotatable bonds is 3. The molecule has 3 amide bonds. The van der Waals surface area contributed by atoms with Crippen LogP contribution in [0.25, 0.3) is 0 Å². The Bertz CT molecular complexity index is 265. The molecule has 1 aliphatic rings. The lowest BCUT2D eigenvalue weighted by atomic mass is 10.3. The van der Waals surface area contributed by atoms with Crippen molar-refractivity contribution in [1.29, 1.82) is 0 Å². The third-order valence-electron chi connectivity index (χ3n) is 2.00. The van der Waals surface area contributed by atoms with Crippen LogP contribution in [0.4, 0.5) is 0 Å². The first-order valence-corrected chi connectivity index (χ1v) is 4.46. The molecule has 0 saturated carbocycles. The number of carbonyl (C=O) groups excluding carboxylic acids is 3. The average Bonchev–Trinajstić information content (AvgIpc) is 2.28. The molecular formula is C8H13N3O3. The predicted octanol–water partition coefficient (Wildman–Crippen LogP) is -1.79. The van der Waals surface area contributed by atoms with Crippen molar-refractivity contribution in [3.8, 4) is 0 Å². The number of hydrogen-bond acceptors (Lipinski definition) is 3. The Morgan fingerprint density at radius 1 is 1.50 bits per heavy atom. The quantitative estimate of drug-likeness (QED) is 0.526. The second-order valence-corrected chi connectivity index (χ2v) is 3.12. The molecule has 0 aromatic heterocycles. The van der Waals surface area contributed by atoms with Crippen LogP contribution < -0.4 is 11.1 Å². The van der Waals surface area contributed by atoms with Gasteiger partial charge in [0.05, 0.1) is 0 Å². The van der Waals surface area contributed by atoms with Crippen LogP contribution in [0.15, 0.2) is 0 Å². The van der Waals surface area contributed by atoms with Gasteiger partial charge < -0.3 is 16.0 Å². The number of nitrogens with one attached hydrogen (secondary N) is 1. The number of nitrogens with two attached hydrogens (primary N) is 1. The van der Waals surface area contributed by atoms with Gasteiger partial charge in [-0.3, -0.25) is 14.4 Å². The van der Waals surface area contributed by atoms with Gasteiger partial charge in [0.1, 0.15) is 0 Å². The minimum atomic E-state index is -0.605. The Labute approximate surface area is 81.4 Å². The summed E-state index contributed by atoms with van der Waals surface area (Å²) in [5.41, 5.74) is 4.95. The van der Waals surface area contributed by atoms with Gasteiger partial charge in [-0.25, -0.2) is 0 Å². The zero-order valence-corrected chi connectivity index (χ0v) is 7.78. The summed E-state index contributed by atoms with van der Waals surface area (Å²) < 4.78 is 0. The monoisotopic (exact) mass is 199 g/mol. The molecule has 0 bridgehead atoms. The smallest absolute Gasteiger partial charge is 0.311 e. The highest BCUT2D eigenvalue weighted by molar-refractivity contribution is 6.35. The number of carbonyl (C=O) groups is 3. The summed E-state index contributed by atoms with van der Waals surface area (Å²) in [4.78, 5) is 34.2. The molecule has 6 heteroatoms. The summed E-state index contributed by atoms with van der Waals surface area (Å²) in [6.45, 7) is 1.21. The van der Waals surface area contributed by atoms with Crippen molar-refractivity contribution in [3.63, 3.8) is 0 Å². The number of nitrogens with zero attached hydrogens (tertiary/aromatic N) is 1. The van der Waals surface area contributed by atoms with Gasteiger partial charge in [0.2, 0.25) is 5.91 Å². The van der Waals surface area contributed by atoms with E-state index in [1.807, 2.05) is 0 Å². The molecule has 0 radical (unpaired) electrons. The molecule has 3 N–H and O–H groups in total. The molecule has 0 spiro atoms. The van der Waals surface area contributed by atoms with Crippen LogP contribution in [-0.4, -0.2) is 42.3 Å². The summed E-state index contributed by atoms with van der Waals surface area (Å²) >= 11 is 0. The van der Waals surface area contributed by atoms with Gasteiger partial charge in [-0.2, -0.15) is 0 Å². The predicted molar refractivity (Wildman–Crippen MR) is 48.0 cm³/mol. The van der Waals surface area contributed by atoms with Crippen LogP contribution in [0, 0.1) is 0 Å². The first-order valence-electron chi connectivity index (χ1n) is 4.46. The van der Waals surface area contributed by atoms with Crippen molar-refractivity contribution in [3.05, 3.63) is 0 Å². The lowest BCUT2D eigenvalue weighted by molar-refractivity contribution is -0.145. The SMILES string of the molecule is NC(=O)CCN1CCCNC(=O)C1=O. The van der Waals surface area contributed by atoms with Gasteiger partial charge >= 0.3 is 11.8 Å². The molecule has 6 nitrogen and oxygen atoms in total. The van der Waals surface area contributed by atoms with Crippen molar-refractivity contribution in [2.24, 2.45) is 5.73 Å². The summed E-state index contributed by atoms with van der Waals surface area (Å²) in [6, 6.07) is 0. The van der Waals surface area contributed by atoms with E-state index in [2.05, 4.69) is 5.32 Å². The summed E-state index contributed by atoms with van der Waals surface area (Å²) in [7, 11) is 0. The number of amides is 3. The molecule has 0 unspecified atom stereocenters. The van der Waals surface area contributed by atoms with Crippen LogP contribution in [-0.2, 0) is 14.4 Å².